The summed E-state index contributed by atoms with van der Waals surface area (Å²) in [5.74, 6) is -3.45. The van der Waals surface area contributed by atoms with Gasteiger partial charge in [0.15, 0.2) is 18.3 Å². The molecule has 3 aromatic rings. The number of nitrogens with zero attached hydrogens (tertiary/aromatic N) is 5. The van der Waals surface area contributed by atoms with Crippen LogP contribution in [0.25, 0.3) is 11.6 Å². The molecule has 0 unspecified atom stereocenters. The number of hydrogen-bond acceptors (Lipinski definition) is 17. The van der Waals surface area contributed by atoms with Crippen molar-refractivity contribution in [3.8, 4) is 5.88 Å². The Morgan fingerprint density at radius 2 is 1.65 bits per heavy atom. The number of morpholine rings is 1. The van der Waals surface area contributed by atoms with Crippen molar-refractivity contribution >= 4 is 82.1 Å². The predicted molar refractivity (Wildman–Crippen MR) is 258 cm³/mol. The van der Waals surface area contributed by atoms with Crippen LogP contribution in [0.4, 0.5) is 17.2 Å². The molecule has 22 heteroatoms. The number of benzene rings is 1. The van der Waals surface area contributed by atoms with Gasteiger partial charge in [0.1, 0.15) is 6.61 Å². The lowest BCUT2D eigenvalue weighted by molar-refractivity contribution is -0.180. The maximum absolute atomic E-state index is 13.3. The lowest BCUT2D eigenvalue weighted by Crippen LogP contribution is -2.50. The highest BCUT2D eigenvalue weighted by atomic mass is 32.1. The van der Waals surface area contributed by atoms with Gasteiger partial charge in [-0.3, -0.25) is 24.0 Å². The highest BCUT2D eigenvalue weighted by molar-refractivity contribution is 6.99. The summed E-state index contributed by atoms with van der Waals surface area (Å²) >= 11 is 0.963. The molecule has 4 heterocycles. The molecule has 376 valence electrons. The number of amides is 4. The molecule has 2 aromatic heterocycles. The first-order valence-electron chi connectivity index (χ1n) is 23.0. The molecule has 1 saturated heterocycles. The minimum Gasteiger partial charge on any atom is -0.470 e. The zero-order valence-corrected chi connectivity index (χ0v) is 41.9. The Hall–Kier alpha value is -6.39. The lowest BCUT2D eigenvalue weighted by Gasteiger charge is -2.37. The summed E-state index contributed by atoms with van der Waals surface area (Å²) in [6.07, 6.45) is -2.93. The fourth-order valence-corrected chi connectivity index (χ4v) is 8.22. The molecule has 5 rings (SSSR count). The number of nitrogens with one attached hydrogen (secondary N) is 4. The van der Waals surface area contributed by atoms with Crippen LogP contribution in [0.2, 0.25) is 0 Å². The number of carbonyl (C=O) groups excluding carboxylic acids is 7. The average molecular weight is 980 g/mol. The van der Waals surface area contributed by atoms with Crippen LogP contribution in [0, 0.1) is 13.8 Å². The van der Waals surface area contributed by atoms with Crippen LogP contribution in [-0.2, 0) is 47.7 Å². The summed E-state index contributed by atoms with van der Waals surface area (Å²) in [5, 5.41) is 8.54. The number of aromatic amines is 1. The third-order valence-electron chi connectivity index (χ3n) is 11.5. The fraction of sp³-hybridized carbons (Fsp3) is 0.553. The SMILES string of the molecule is CCN(CC)CCNC(=O)c1c(C)[nH]c(/C=C2\C(=O)Nc3ccc(NC(=O)CCC(=O)O[C@@H](C)C(=O)O[C@@H](C)C(=O)O[C@H](COc4nsnc4N4CCOCC4)CN(C(C)=O)C(C)(C)C)cc32)c1C. The number of hydrogen-bond donors (Lipinski definition) is 4. The van der Waals surface area contributed by atoms with E-state index >= 15 is 0 Å². The third kappa shape index (κ3) is 14.6. The standard InChI is InChI=1S/C47H65N9O12S/c1-11-54(12-2)18-17-48-43(61)40-27(3)37(49-28(40)4)24-35-34-23-32(13-14-36(34)51-42(35)60)50-38(58)15-16-39(59)66-29(5)45(62)67-30(6)46(63)68-33(25-56(31(7)57)47(8,9)10)26-65-44-41(52-69-53-44)55-19-21-64-22-20-55/h13-14,23-24,29-30,33,49H,11-12,15-22,25-26H2,1-10H3,(H,48,61)(H,50,58)(H,51,60)/b35-24-/t29-,30-,33-/m0/s1. The molecule has 0 radical (unpaired) electrons. The zero-order chi connectivity index (χ0) is 50.6. The van der Waals surface area contributed by atoms with Crippen molar-refractivity contribution in [2.45, 2.75) is 106 Å². The van der Waals surface area contributed by atoms with Gasteiger partial charge in [-0.1, -0.05) is 13.8 Å². The van der Waals surface area contributed by atoms with Crippen LogP contribution >= 0.6 is 11.7 Å². The van der Waals surface area contributed by atoms with Crippen molar-refractivity contribution in [2.24, 2.45) is 0 Å². The van der Waals surface area contributed by atoms with E-state index in [2.05, 4.69) is 48.4 Å². The molecule has 2 aliphatic rings. The lowest BCUT2D eigenvalue weighted by atomic mass is 10.0. The van der Waals surface area contributed by atoms with Gasteiger partial charge in [-0.15, -0.1) is 4.37 Å². The van der Waals surface area contributed by atoms with E-state index in [1.165, 1.54) is 25.7 Å². The molecular formula is C47H65N9O12S. The van der Waals surface area contributed by atoms with E-state index in [1.54, 1.807) is 31.2 Å². The molecule has 3 atom stereocenters. The minimum atomic E-state index is -1.45. The minimum absolute atomic E-state index is 0.0482. The Morgan fingerprint density at radius 1 is 0.971 bits per heavy atom. The van der Waals surface area contributed by atoms with Crippen molar-refractivity contribution in [3.63, 3.8) is 0 Å². The monoisotopic (exact) mass is 979 g/mol. The second kappa shape index (κ2) is 24.2. The van der Waals surface area contributed by atoms with Crippen LogP contribution < -0.4 is 25.6 Å². The number of fused-ring (bicyclic) bond motifs is 1. The Kier molecular flexibility index (Phi) is 18.8. The Labute approximate surface area is 406 Å². The highest BCUT2D eigenvalue weighted by Gasteiger charge is 2.33. The van der Waals surface area contributed by atoms with Gasteiger partial charge in [-0.05, 0) is 91.4 Å². The first-order chi connectivity index (χ1) is 32.7. The number of anilines is 3. The number of rotatable bonds is 22. The van der Waals surface area contributed by atoms with Gasteiger partial charge < -0.3 is 59.3 Å². The average Bonchev–Trinajstić information content (AvgIpc) is 3.98. The molecule has 69 heavy (non-hydrogen) atoms. The van der Waals surface area contributed by atoms with Crippen LogP contribution in [0.1, 0.15) is 101 Å². The fourth-order valence-electron chi connectivity index (χ4n) is 7.70. The second-order valence-electron chi connectivity index (χ2n) is 17.6. The van der Waals surface area contributed by atoms with E-state index in [9.17, 15) is 33.6 Å². The molecule has 21 nitrogen and oxygen atoms in total. The van der Waals surface area contributed by atoms with Gasteiger partial charge in [0.05, 0.1) is 49.0 Å². The number of H-pyrrole nitrogens is 1. The smallest absolute Gasteiger partial charge is 0.347 e. The van der Waals surface area contributed by atoms with E-state index in [0.717, 1.165) is 31.4 Å². The summed E-state index contributed by atoms with van der Waals surface area (Å²) < 4.78 is 36.3. The van der Waals surface area contributed by atoms with Crippen molar-refractivity contribution in [3.05, 3.63) is 46.3 Å². The second-order valence-corrected chi connectivity index (χ2v) is 18.2. The van der Waals surface area contributed by atoms with Crippen molar-refractivity contribution in [1.29, 1.82) is 0 Å². The van der Waals surface area contributed by atoms with Crippen LogP contribution in [0.5, 0.6) is 5.88 Å². The molecule has 1 aromatic carbocycles. The van der Waals surface area contributed by atoms with Gasteiger partial charge in [0.25, 0.3) is 17.7 Å². The molecule has 4 N–H and O–H groups in total. The van der Waals surface area contributed by atoms with Crippen molar-refractivity contribution < 1.29 is 57.2 Å². The summed E-state index contributed by atoms with van der Waals surface area (Å²) in [6, 6.07) is 4.88. The normalized spacial score (nSPS) is 15.4. The Morgan fingerprint density at radius 3 is 2.32 bits per heavy atom. The first kappa shape index (κ1) is 53.6. The third-order valence-corrected chi connectivity index (χ3v) is 12.0. The maximum atomic E-state index is 13.3. The summed E-state index contributed by atoms with van der Waals surface area (Å²) in [7, 11) is 0. The predicted octanol–water partition coefficient (Wildman–Crippen LogP) is 4.10. The number of ether oxygens (including phenoxy) is 5. The first-order valence-corrected chi connectivity index (χ1v) is 23.8. The van der Waals surface area contributed by atoms with Crippen molar-refractivity contribution in [2.75, 3.05) is 81.2 Å². The molecule has 0 spiro atoms. The molecular weight excluding hydrogens is 915 g/mol. The molecule has 1 fully saturated rings. The zero-order valence-electron chi connectivity index (χ0n) is 41.1. The number of carbonyl (C=O) groups is 7. The van der Waals surface area contributed by atoms with E-state index in [-0.39, 0.29) is 43.2 Å². The van der Waals surface area contributed by atoms with Gasteiger partial charge in [-0.25, -0.2) is 9.59 Å². The van der Waals surface area contributed by atoms with Crippen LogP contribution in [-0.4, -0.2) is 155 Å². The Bertz CT molecular complexity index is 2380. The molecule has 0 saturated carbocycles. The molecule has 0 bridgehead atoms. The maximum Gasteiger partial charge on any atom is 0.347 e. The number of aromatic nitrogens is 3. The number of likely N-dealkylation sites (N-methyl/N-ethyl adjacent to an activating group) is 1. The molecule has 0 aliphatic carbocycles. The summed E-state index contributed by atoms with van der Waals surface area (Å²) in [4.78, 5) is 99.9. The number of esters is 3. The largest absolute Gasteiger partial charge is 0.470 e. The van der Waals surface area contributed by atoms with Crippen molar-refractivity contribution in [1.82, 2.24) is 28.8 Å². The van der Waals surface area contributed by atoms with Gasteiger partial charge in [0, 0.05) is 73.4 Å². The Balaban J connectivity index is 1.12. The summed E-state index contributed by atoms with van der Waals surface area (Å²) in [5.41, 5.74) is 3.54. The van der Waals surface area contributed by atoms with Crippen LogP contribution in [0.15, 0.2) is 18.2 Å². The highest BCUT2D eigenvalue weighted by Crippen LogP contribution is 2.36. The van der Waals surface area contributed by atoms with Crippen LogP contribution in [0.3, 0.4) is 0 Å². The molecule has 4 amide bonds. The van der Waals surface area contributed by atoms with E-state index in [0.29, 0.717) is 83.7 Å². The van der Waals surface area contributed by atoms with E-state index in [1.807, 2.05) is 32.6 Å². The van der Waals surface area contributed by atoms with Gasteiger partial charge in [-0.2, -0.15) is 4.37 Å². The summed E-state index contributed by atoms with van der Waals surface area (Å²) in [6.45, 7) is 22.2. The quantitative estimate of drug-likeness (QED) is 0.0628. The molecule has 2 aliphatic heterocycles. The van der Waals surface area contributed by atoms with Gasteiger partial charge >= 0.3 is 17.9 Å². The van der Waals surface area contributed by atoms with E-state index in [4.69, 9.17) is 23.7 Å². The topological polar surface area (TPSA) is 253 Å². The van der Waals surface area contributed by atoms with E-state index < -0.39 is 54.1 Å². The number of aryl methyl sites for hydroxylation is 1. The van der Waals surface area contributed by atoms with Gasteiger partial charge in [0.2, 0.25) is 17.6 Å².